The Labute approximate surface area is 289 Å². The summed E-state index contributed by atoms with van der Waals surface area (Å²) in [7, 11) is -2.75. The highest BCUT2D eigenvalue weighted by atomic mass is 32.2. The fraction of sp³-hybridized carbons (Fsp3) is 0.263. The number of amides is 1. The van der Waals surface area contributed by atoms with Crippen molar-refractivity contribution < 1.29 is 22.5 Å². The van der Waals surface area contributed by atoms with Crippen LogP contribution in [-0.4, -0.2) is 35.8 Å². The minimum absolute atomic E-state index is 0.0943. The first-order valence-corrected chi connectivity index (χ1v) is 17.7. The molecule has 50 heavy (non-hydrogen) atoms. The van der Waals surface area contributed by atoms with Crippen LogP contribution in [0.5, 0.6) is 5.88 Å². The quantitative estimate of drug-likeness (QED) is 0.107. The van der Waals surface area contributed by atoms with Crippen molar-refractivity contribution in [2.24, 2.45) is 5.41 Å². The van der Waals surface area contributed by atoms with Gasteiger partial charge in [0.25, 0.3) is 5.91 Å². The number of nitriles is 1. The average molecular weight is 693 g/mol. The number of rotatable bonds is 12. The smallest absolute Gasteiger partial charge is 0.262 e. The van der Waals surface area contributed by atoms with E-state index in [1.54, 1.807) is 48.5 Å². The summed E-state index contributed by atoms with van der Waals surface area (Å²) in [5.74, 6) is 3.02. The Morgan fingerprint density at radius 1 is 1.10 bits per heavy atom. The topological polar surface area (TPSA) is 114 Å². The third-order valence-corrected chi connectivity index (χ3v) is 10.6. The van der Waals surface area contributed by atoms with Crippen molar-refractivity contribution in [1.29, 1.82) is 5.26 Å². The third-order valence-electron chi connectivity index (χ3n) is 8.52. The lowest BCUT2D eigenvalue weighted by Crippen LogP contribution is -2.33. The van der Waals surface area contributed by atoms with Gasteiger partial charge in [-0.1, -0.05) is 44.2 Å². The van der Waals surface area contributed by atoms with Gasteiger partial charge < -0.3 is 9.30 Å². The number of imidazole rings is 1. The molecule has 2 heterocycles. The zero-order valence-corrected chi connectivity index (χ0v) is 28.4. The van der Waals surface area contributed by atoms with E-state index in [4.69, 9.17) is 16.3 Å². The predicted octanol–water partition coefficient (Wildman–Crippen LogP) is 7.56. The number of hydrogen-bond donors (Lipinski definition) is 1. The molecular formula is C38H34F2N6O3S. The van der Waals surface area contributed by atoms with E-state index < -0.39 is 32.7 Å². The summed E-state index contributed by atoms with van der Waals surface area (Å²) in [6, 6.07) is 21.2. The van der Waals surface area contributed by atoms with Crippen molar-refractivity contribution in [3.05, 3.63) is 118 Å². The van der Waals surface area contributed by atoms with Gasteiger partial charge in [-0.2, -0.15) is 5.26 Å². The van der Waals surface area contributed by atoms with Crippen molar-refractivity contribution in [3.8, 4) is 23.2 Å². The number of pyridine rings is 1. The van der Waals surface area contributed by atoms with E-state index in [2.05, 4.69) is 26.5 Å². The largest absolute Gasteiger partial charge is 0.473 e. The summed E-state index contributed by atoms with van der Waals surface area (Å²) in [6.45, 7) is 11.2. The van der Waals surface area contributed by atoms with E-state index in [0.29, 0.717) is 45.8 Å². The van der Waals surface area contributed by atoms with Crippen LogP contribution in [0.4, 0.5) is 14.5 Å². The van der Waals surface area contributed by atoms with Crippen LogP contribution < -0.4 is 9.46 Å². The normalized spacial score (nSPS) is 14.0. The maximum atomic E-state index is 15.8. The van der Waals surface area contributed by atoms with Gasteiger partial charge in [0.05, 0.1) is 39.1 Å². The molecule has 1 aliphatic carbocycles. The first kappa shape index (κ1) is 34.3. The van der Waals surface area contributed by atoms with Crippen molar-refractivity contribution in [2.45, 2.75) is 57.9 Å². The Morgan fingerprint density at radius 2 is 1.86 bits per heavy atom. The number of nitrogens with one attached hydrogen (secondary N) is 1. The molecule has 2 aromatic heterocycles. The van der Waals surface area contributed by atoms with Crippen LogP contribution in [0.2, 0.25) is 0 Å². The molecule has 1 aliphatic rings. The van der Waals surface area contributed by atoms with E-state index in [1.807, 2.05) is 18.4 Å². The van der Waals surface area contributed by atoms with Crippen LogP contribution in [0.1, 0.15) is 60.4 Å². The first-order chi connectivity index (χ1) is 23.9. The maximum Gasteiger partial charge on any atom is 0.262 e. The third kappa shape index (κ3) is 7.66. The average Bonchev–Trinajstić information content (AvgIpc) is 3.90. The van der Waals surface area contributed by atoms with Crippen LogP contribution in [0, 0.1) is 35.0 Å². The standard InChI is InChI=1S/C38H34F2N6O3S/c1-38(2,16-17-41)23-46-34-19-26(37(47)45-50(4,48)29-13-14-29)11-15-33(34)43-35(46)20-24-8-9-25(18-30(24)39)32-6-5-7-36(44-32)49-22-27-10-12-28(42-3)21-31(27)40/h5-12,15,18-19,21,29H,4,13-14,16,20,22-23H2,1-2H3,(H,45,47,48). The molecule has 1 fully saturated rings. The van der Waals surface area contributed by atoms with Crippen LogP contribution >= 0.6 is 0 Å². The fourth-order valence-electron chi connectivity index (χ4n) is 5.62. The van der Waals surface area contributed by atoms with Gasteiger partial charge in [-0.25, -0.2) is 27.8 Å². The lowest BCUT2D eigenvalue weighted by molar-refractivity contribution is 0.0982. The van der Waals surface area contributed by atoms with Gasteiger partial charge in [0.15, 0.2) is 5.69 Å². The second-order valence-electron chi connectivity index (χ2n) is 13.2. The minimum atomic E-state index is -2.75. The summed E-state index contributed by atoms with van der Waals surface area (Å²) in [5, 5.41) is 9.35. The van der Waals surface area contributed by atoms with E-state index in [1.165, 1.54) is 18.2 Å². The number of halogens is 2. The SMILES string of the molecule is [C-]#[N+]c1ccc(COc2cccc(-c3ccc(Cc4nc5ccc(C(=O)NS(=C)(=O)C6CC6)cc5n4CC(C)(C)CC#N)c(F)c3)n2)c(F)c1. The molecule has 5 aromatic rings. The molecule has 1 saturated carbocycles. The summed E-state index contributed by atoms with van der Waals surface area (Å²) in [4.78, 5) is 25.6. The minimum Gasteiger partial charge on any atom is -0.473 e. The van der Waals surface area contributed by atoms with Crippen LogP contribution in [0.15, 0.2) is 72.8 Å². The van der Waals surface area contributed by atoms with E-state index in [-0.39, 0.29) is 41.8 Å². The number of carbonyl (C=O) groups is 1. The first-order valence-electron chi connectivity index (χ1n) is 15.9. The molecule has 1 N–H and O–H groups in total. The molecule has 3 aromatic carbocycles. The molecule has 0 spiro atoms. The fourth-order valence-corrected chi connectivity index (χ4v) is 7.12. The van der Waals surface area contributed by atoms with Crippen molar-refractivity contribution in [3.63, 3.8) is 0 Å². The number of nitrogens with zero attached hydrogens (tertiary/aromatic N) is 5. The molecule has 0 saturated heterocycles. The Bertz CT molecular complexity index is 2320. The Balaban J connectivity index is 1.25. The molecule has 0 bridgehead atoms. The molecule has 0 radical (unpaired) electrons. The monoisotopic (exact) mass is 692 g/mol. The highest BCUT2D eigenvalue weighted by Crippen LogP contribution is 2.31. The highest BCUT2D eigenvalue weighted by Gasteiger charge is 2.32. The molecule has 12 heteroatoms. The number of carbonyl (C=O) groups excluding carboxylic acids is 1. The van der Waals surface area contributed by atoms with Crippen LogP contribution in [-0.2, 0) is 29.3 Å². The van der Waals surface area contributed by atoms with E-state index in [0.717, 1.165) is 18.9 Å². The molecule has 6 rings (SSSR count). The second kappa shape index (κ2) is 13.7. The van der Waals surface area contributed by atoms with Gasteiger partial charge in [-0.3, -0.25) is 9.52 Å². The lowest BCUT2D eigenvalue weighted by atomic mass is 9.89. The van der Waals surface area contributed by atoms with Crippen molar-refractivity contribution in [1.82, 2.24) is 19.3 Å². The molecule has 1 unspecified atom stereocenters. The lowest BCUT2D eigenvalue weighted by Gasteiger charge is -2.24. The predicted molar refractivity (Wildman–Crippen MR) is 189 cm³/mol. The zero-order chi connectivity index (χ0) is 35.6. The molecule has 254 valence electrons. The summed E-state index contributed by atoms with van der Waals surface area (Å²) in [5.41, 5.74) is 2.91. The number of ether oxygens (including phenoxy) is 1. The Morgan fingerprint density at radius 3 is 2.56 bits per heavy atom. The van der Waals surface area contributed by atoms with Gasteiger partial charge in [0, 0.05) is 47.4 Å². The van der Waals surface area contributed by atoms with Gasteiger partial charge in [-0.05, 0) is 66.1 Å². The highest BCUT2D eigenvalue weighted by molar-refractivity contribution is 7.99. The number of aromatic nitrogens is 3. The molecule has 0 aliphatic heterocycles. The van der Waals surface area contributed by atoms with Gasteiger partial charge in [-0.15, -0.1) is 0 Å². The summed E-state index contributed by atoms with van der Waals surface area (Å²) >= 11 is 0. The Kier molecular flexibility index (Phi) is 9.41. The van der Waals surface area contributed by atoms with E-state index >= 15 is 4.39 Å². The Hall–Kier alpha value is -5.59. The van der Waals surface area contributed by atoms with Crippen molar-refractivity contribution >= 4 is 38.2 Å². The molecule has 1 atom stereocenters. The molecular weight excluding hydrogens is 659 g/mol. The summed E-state index contributed by atoms with van der Waals surface area (Å²) < 4.78 is 53.1. The number of fused-ring (bicyclic) bond motifs is 1. The summed E-state index contributed by atoms with van der Waals surface area (Å²) in [6.07, 6.45) is 1.93. The zero-order valence-electron chi connectivity index (χ0n) is 27.6. The van der Waals surface area contributed by atoms with Gasteiger partial charge in [0.2, 0.25) is 5.88 Å². The molecule has 9 nitrogen and oxygen atoms in total. The van der Waals surface area contributed by atoms with E-state index in [9.17, 15) is 18.7 Å². The second-order valence-corrected chi connectivity index (χ2v) is 15.5. The van der Waals surface area contributed by atoms with Gasteiger partial charge in [0.1, 0.15) is 24.1 Å². The van der Waals surface area contributed by atoms with Crippen LogP contribution in [0.25, 0.3) is 27.1 Å². The maximum absolute atomic E-state index is 15.8. The number of hydrogen-bond acceptors (Lipinski definition) is 6. The van der Waals surface area contributed by atoms with Crippen LogP contribution in [0.3, 0.4) is 0 Å². The van der Waals surface area contributed by atoms with Crippen molar-refractivity contribution in [2.75, 3.05) is 0 Å². The molecule has 1 amide bonds. The van der Waals surface area contributed by atoms with Gasteiger partial charge >= 0.3 is 0 Å². The number of benzene rings is 3.